The first-order chi connectivity index (χ1) is 7.40. The SMILES string of the molecule is CNCCc1ccc(C2CCCCC2)o1. The molecule has 0 aromatic carbocycles. The summed E-state index contributed by atoms with van der Waals surface area (Å²) in [5.41, 5.74) is 0. The molecule has 1 aromatic heterocycles. The summed E-state index contributed by atoms with van der Waals surface area (Å²) in [6.45, 7) is 0.998. The summed E-state index contributed by atoms with van der Waals surface area (Å²) < 4.78 is 5.89. The lowest BCUT2D eigenvalue weighted by Gasteiger charge is -2.19. The Morgan fingerprint density at radius 3 is 2.80 bits per heavy atom. The molecule has 1 saturated carbocycles. The molecule has 0 saturated heterocycles. The third-order valence-electron chi connectivity index (χ3n) is 3.31. The van der Waals surface area contributed by atoms with E-state index in [2.05, 4.69) is 17.4 Å². The van der Waals surface area contributed by atoms with Crippen molar-refractivity contribution in [3.63, 3.8) is 0 Å². The summed E-state index contributed by atoms with van der Waals surface area (Å²) in [4.78, 5) is 0. The van der Waals surface area contributed by atoms with Crippen molar-refractivity contribution in [1.82, 2.24) is 5.32 Å². The monoisotopic (exact) mass is 207 g/mol. The second kappa shape index (κ2) is 5.36. The standard InChI is InChI=1S/C13H21NO/c1-14-10-9-12-7-8-13(15-12)11-5-3-2-4-6-11/h7-8,11,14H,2-6,9-10H2,1H3. The second-order valence-corrected chi connectivity index (χ2v) is 4.49. The Morgan fingerprint density at radius 1 is 1.27 bits per heavy atom. The molecule has 1 fully saturated rings. The van der Waals surface area contributed by atoms with E-state index in [9.17, 15) is 0 Å². The molecule has 84 valence electrons. The van der Waals surface area contributed by atoms with Gasteiger partial charge >= 0.3 is 0 Å². The summed E-state index contributed by atoms with van der Waals surface area (Å²) in [5, 5.41) is 3.14. The molecule has 1 aromatic rings. The van der Waals surface area contributed by atoms with E-state index in [1.54, 1.807) is 0 Å². The van der Waals surface area contributed by atoms with Gasteiger partial charge in [-0.2, -0.15) is 0 Å². The minimum atomic E-state index is 0.696. The highest BCUT2D eigenvalue weighted by Gasteiger charge is 2.18. The third kappa shape index (κ3) is 2.85. The third-order valence-corrected chi connectivity index (χ3v) is 3.31. The van der Waals surface area contributed by atoms with Gasteiger partial charge in [-0.25, -0.2) is 0 Å². The van der Waals surface area contributed by atoms with Gasteiger partial charge in [-0.3, -0.25) is 0 Å². The second-order valence-electron chi connectivity index (χ2n) is 4.49. The van der Waals surface area contributed by atoms with E-state index in [4.69, 9.17) is 4.42 Å². The number of hydrogen-bond donors (Lipinski definition) is 1. The van der Waals surface area contributed by atoms with Crippen LogP contribution in [0.15, 0.2) is 16.5 Å². The molecule has 2 nitrogen and oxygen atoms in total. The van der Waals surface area contributed by atoms with Crippen molar-refractivity contribution in [1.29, 1.82) is 0 Å². The lowest BCUT2D eigenvalue weighted by Crippen LogP contribution is -2.09. The largest absolute Gasteiger partial charge is 0.466 e. The molecule has 0 unspecified atom stereocenters. The average molecular weight is 207 g/mol. The van der Waals surface area contributed by atoms with Gasteiger partial charge in [0.05, 0.1) is 0 Å². The Kier molecular flexibility index (Phi) is 3.84. The first kappa shape index (κ1) is 10.7. The quantitative estimate of drug-likeness (QED) is 0.820. The Hall–Kier alpha value is -0.760. The van der Waals surface area contributed by atoms with Crippen LogP contribution in [0.4, 0.5) is 0 Å². The Balaban J connectivity index is 1.93. The number of hydrogen-bond acceptors (Lipinski definition) is 2. The van der Waals surface area contributed by atoms with E-state index < -0.39 is 0 Å². The van der Waals surface area contributed by atoms with Gasteiger partial charge in [0, 0.05) is 18.9 Å². The fourth-order valence-electron chi connectivity index (χ4n) is 2.38. The molecule has 2 rings (SSSR count). The molecular weight excluding hydrogens is 186 g/mol. The van der Waals surface area contributed by atoms with Crippen molar-refractivity contribution in [2.75, 3.05) is 13.6 Å². The van der Waals surface area contributed by atoms with Gasteiger partial charge in [0.25, 0.3) is 0 Å². The summed E-state index contributed by atoms with van der Waals surface area (Å²) >= 11 is 0. The fraction of sp³-hybridized carbons (Fsp3) is 0.692. The smallest absolute Gasteiger partial charge is 0.107 e. The molecule has 0 bridgehead atoms. The lowest BCUT2D eigenvalue weighted by molar-refractivity contribution is 0.361. The average Bonchev–Trinajstić information content (AvgIpc) is 2.76. The fourth-order valence-corrected chi connectivity index (χ4v) is 2.38. The highest BCUT2D eigenvalue weighted by Crippen LogP contribution is 2.33. The van der Waals surface area contributed by atoms with Gasteiger partial charge in [0.15, 0.2) is 0 Å². The van der Waals surface area contributed by atoms with Crippen LogP contribution in [0.1, 0.15) is 49.5 Å². The summed E-state index contributed by atoms with van der Waals surface area (Å²) in [6.07, 6.45) is 7.79. The molecule has 1 heterocycles. The van der Waals surface area contributed by atoms with E-state index >= 15 is 0 Å². The van der Waals surface area contributed by atoms with Crippen molar-refractivity contribution in [2.45, 2.75) is 44.4 Å². The summed E-state index contributed by atoms with van der Waals surface area (Å²) in [5.74, 6) is 3.05. The molecule has 1 N–H and O–H groups in total. The van der Waals surface area contributed by atoms with Gasteiger partial charge in [0.1, 0.15) is 11.5 Å². The molecule has 1 aliphatic rings. The maximum Gasteiger partial charge on any atom is 0.107 e. The number of nitrogens with one attached hydrogen (secondary N) is 1. The van der Waals surface area contributed by atoms with Crippen molar-refractivity contribution in [3.8, 4) is 0 Å². The Morgan fingerprint density at radius 2 is 2.07 bits per heavy atom. The van der Waals surface area contributed by atoms with Crippen LogP contribution in [0.3, 0.4) is 0 Å². The maximum atomic E-state index is 5.89. The zero-order valence-corrected chi connectivity index (χ0v) is 9.59. The van der Waals surface area contributed by atoms with E-state index in [0.717, 1.165) is 18.7 Å². The Labute approximate surface area is 92.1 Å². The molecule has 1 aliphatic carbocycles. The van der Waals surface area contributed by atoms with Gasteiger partial charge in [0.2, 0.25) is 0 Å². The van der Waals surface area contributed by atoms with E-state index in [1.165, 1.54) is 37.9 Å². The zero-order chi connectivity index (χ0) is 10.5. The minimum absolute atomic E-state index is 0.696. The van der Waals surface area contributed by atoms with Gasteiger partial charge < -0.3 is 9.73 Å². The van der Waals surface area contributed by atoms with Crippen LogP contribution in [0.2, 0.25) is 0 Å². The van der Waals surface area contributed by atoms with Crippen molar-refractivity contribution in [2.24, 2.45) is 0 Å². The van der Waals surface area contributed by atoms with Crippen LogP contribution in [0.25, 0.3) is 0 Å². The Bertz CT molecular complexity index is 286. The van der Waals surface area contributed by atoms with E-state index in [1.807, 2.05) is 7.05 Å². The van der Waals surface area contributed by atoms with Gasteiger partial charge in [-0.1, -0.05) is 19.3 Å². The normalized spacial score (nSPS) is 18.2. The minimum Gasteiger partial charge on any atom is -0.466 e. The number of furan rings is 1. The van der Waals surface area contributed by atoms with Crippen molar-refractivity contribution < 1.29 is 4.42 Å². The van der Waals surface area contributed by atoms with Crippen LogP contribution in [-0.4, -0.2) is 13.6 Å². The predicted molar refractivity (Wildman–Crippen MR) is 62.2 cm³/mol. The first-order valence-corrected chi connectivity index (χ1v) is 6.13. The van der Waals surface area contributed by atoms with Crippen molar-refractivity contribution >= 4 is 0 Å². The zero-order valence-electron chi connectivity index (χ0n) is 9.59. The van der Waals surface area contributed by atoms with Crippen LogP contribution >= 0.6 is 0 Å². The molecule has 0 atom stereocenters. The molecular formula is C13H21NO. The highest BCUT2D eigenvalue weighted by atomic mass is 16.3. The van der Waals surface area contributed by atoms with Crippen LogP contribution in [-0.2, 0) is 6.42 Å². The van der Waals surface area contributed by atoms with Crippen LogP contribution < -0.4 is 5.32 Å². The van der Waals surface area contributed by atoms with Crippen LogP contribution in [0, 0.1) is 0 Å². The number of rotatable bonds is 4. The maximum absolute atomic E-state index is 5.89. The number of likely N-dealkylation sites (N-methyl/N-ethyl adjacent to an activating group) is 1. The van der Waals surface area contributed by atoms with E-state index in [0.29, 0.717) is 5.92 Å². The highest BCUT2D eigenvalue weighted by molar-refractivity contribution is 5.12. The lowest BCUT2D eigenvalue weighted by atomic mass is 9.88. The molecule has 0 radical (unpaired) electrons. The van der Waals surface area contributed by atoms with Crippen LogP contribution in [0.5, 0.6) is 0 Å². The van der Waals surface area contributed by atoms with E-state index in [-0.39, 0.29) is 0 Å². The summed E-state index contributed by atoms with van der Waals surface area (Å²) in [7, 11) is 1.98. The predicted octanol–water partition coefficient (Wildman–Crippen LogP) is 3.09. The van der Waals surface area contributed by atoms with Gasteiger partial charge in [-0.05, 0) is 32.0 Å². The van der Waals surface area contributed by atoms with Crippen molar-refractivity contribution in [3.05, 3.63) is 23.7 Å². The molecule has 2 heteroatoms. The molecule has 0 amide bonds. The molecule has 15 heavy (non-hydrogen) atoms. The van der Waals surface area contributed by atoms with Gasteiger partial charge in [-0.15, -0.1) is 0 Å². The molecule has 0 spiro atoms. The topological polar surface area (TPSA) is 25.2 Å². The molecule has 0 aliphatic heterocycles. The summed E-state index contributed by atoms with van der Waals surface area (Å²) in [6, 6.07) is 4.32. The first-order valence-electron chi connectivity index (χ1n) is 6.13.